The molecule has 0 heterocycles. The van der Waals surface area contributed by atoms with E-state index in [1.807, 2.05) is 12.1 Å². The van der Waals surface area contributed by atoms with E-state index in [2.05, 4.69) is 115 Å². The van der Waals surface area contributed by atoms with Crippen molar-refractivity contribution in [1.29, 1.82) is 0 Å². The molecule has 0 saturated heterocycles. The molecule has 0 saturated carbocycles. The third-order valence-corrected chi connectivity index (χ3v) is 6.87. The van der Waals surface area contributed by atoms with Gasteiger partial charge >= 0.3 is 0 Å². The van der Waals surface area contributed by atoms with Crippen molar-refractivity contribution < 1.29 is 0 Å². The van der Waals surface area contributed by atoms with Crippen LogP contribution in [-0.2, 0) is 0 Å². The van der Waals surface area contributed by atoms with Gasteiger partial charge in [0.1, 0.15) is 0 Å². The van der Waals surface area contributed by atoms with E-state index in [1.165, 1.54) is 37.6 Å². The molecule has 32 heavy (non-hydrogen) atoms. The lowest BCUT2D eigenvalue weighted by Gasteiger charge is -2.11. The molecular weight excluding hydrogens is 424 g/mol. The molecule has 0 aliphatic carbocycles. The van der Waals surface area contributed by atoms with Crippen molar-refractivity contribution in [3.8, 4) is 33.4 Å². The van der Waals surface area contributed by atoms with Crippen molar-refractivity contribution in [2.75, 3.05) is 0 Å². The third-order valence-electron chi connectivity index (χ3n) is 5.47. The van der Waals surface area contributed by atoms with E-state index >= 15 is 0 Å². The monoisotopic (exact) mass is 446 g/mol. The van der Waals surface area contributed by atoms with Crippen molar-refractivity contribution >= 4 is 24.4 Å². The molecule has 0 aromatic heterocycles. The van der Waals surface area contributed by atoms with E-state index in [4.69, 9.17) is 12.6 Å². The van der Waals surface area contributed by atoms with Gasteiger partial charge in [-0.25, -0.2) is 0 Å². The first-order valence-electron chi connectivity index (χ1n) is 10.6. The molecule has 5 aromatic rings. The summed E-state index contributed by atoms with van der Waals surface area (Å²) in [5, 5.41) is 0. The molecule has 0 atom stereocenters. The molecule has 0 aliphatic rings. The maximum Gasteiger partial charge on any atom is 0.0122 e. The Kier molecular flexibility index (Phi) is 6.15. The van der Waals surface area contributed by atoms with Gasteiger partial charge in [-0.3, -0.25) is 0 Å². The van der Waals surface area contributed by atoms with Crippen LogP contribution in [0.2, 0.25) is 0 Å². The molecule has 0 bridgehead atoms. The summed E-state index contributed by atoms with van der Waals surface area (Å²) in [6.45, 7) is 0. The molecule has 0 N–H and O–H groups in total. The molecule has 0 spiro atoms. The van der Waals surface area contributed by atoms with Crippen LogP contribution in [0.3, 0.4) is 0 Å². The molecule has 154 valence electrons. The van der Waals surface area contributed by atoms with E-state index in [1.54, 1.807) is 11.8 Å². The van der Waals surface area contributed by atoms with Crippen LogP contribution in [0.25, 0.3) is 33.4 Å². The molecule has 0 aliphatic heterocycles. The normalized spacial score (nSPS) is 10.8. The van der Waals surface area contributed by atoms with Crippen LogP contribution in [0.5, 0.6) is 0 Å². The van der Waals surface area contributed by atoms with Crippen LogP contribution in [0, 0.1) is 0 Å². The molecule has 0 amide bonds. The maximum absolute atomic E-state index is 4.73. The van der Waals surface area contributed by atoms with Gasteiger partial charge in [0, 0.05) is 14.7 Å². The Bertz CT molecular complexity index is 1310. The molecule has 0 radical (unpaired) electrons. The highest BCUT2D eigenvalue weighted by molar-refractivity contribution is 7.99. The Hall–Kier alpha value is -3.20. The summed E-state index contributed by atoms with van der Waals surface area (Å²) in [7, 11) is 0. The molecule has 0 unspecified atom stereocenters. The lowest BCUT2D eigenvalue weighted by molar-refractivity contribution is 1.40. The maximum atomic E-state index is 4.73. The van der Waals surface area contributed by atoms with Gasteiger partial charge in [0.2, 0.25) is 0 Å². The second kappa shape index (κ2) is 9.52. The molecular formula is C30H22S2. The summed E-state index contributed by atoms with van der Waals surface area (Å²) in [4.78, 5) is 3.47. The van der Waals surface area contributed by atoms with Crippen LogP contribution in [-0.4, -0.2) is 0 Å². The number of hydrogen-bond acceptors (Lipinski definition) is 2. The van der Waals surface area contributed by atoms with Gasteiger partial charge in [-0.2, -0.15) is 0 Å². The Morgan fingerprint density at radius 1 is 0.406 bits per heavy atom. The first-order chi connectivity index (χ1) is 15.8. The summed E-state index contributed by atoms with van der Waals surface area (Å²) in [5.74, 6) is 0. The van der Waals surface area contributed by atoms with Gasteiger partial charge in [0.25, 0.3) is 0 Å². The minimum Gasteiger partial charge on any atom is -0.143 e. The second-order valence-corrected chi connectivity index (χ2v) is 9.24. The minimum absolute atomic E-state index is 0.984. The van der Waals surface area contributed by atoms with Crippen molar-refractivity contribution in [2.24, 2.45) is 0 Å². The lowest BCUT2D eigenvalue weighted by Crippen LogP contribution is -1.85. The molecule has 5 rings (SSSR count). The zero-order chi connectivity index (χ0) is 21.8. The van der Waals surface area contributed by atoms with Crippen LogP contribution in [0.4, 0.5) is 0 Å². The Balaban J connectivity index is 1.40. The van der Waals surface area contributed by atoms with E-state index in [0.29, 0.717) is 0 Å². The predicted molar refractivity (Wildman–Crippen MR) is 141 cm³/mol. The highest BCUT2D eigenvalue weighted by atomic mass is 32.2. The predicted octanol–water partition coefficient (Wildman–Crippen LogP) is 9.13. The van der Waals surface area contributed by atoms with Gasteiger partial charge in [0.05, 0.1) is 0 Å². The zero-order valence-electron chi connectivity index (χ0n) is 17.5. The lowest BCUT2D eigenvalue weighted by atomic mass is 9.97. The van der Waals surface area contributed by atoms with E-state index in [9.17, 15) is 0 Å². The smallest absolute Gasteiger partial charge is 0.0122 e. The summed E-state index contributed by atoms with van der Waals surface area (Å²) >= 11 is 6.51. The number of benzene rings is 5. The topological polar surface area (TPSA) is 0 Å². The SMILES string of the molecule is Sc1ccc(-c2ccc(Sc3ccccc3)cc2)cc1-c1ccc(-c2ccccc2)cc1. The Morgan fingerprint density at radius 3 is 1.56 bits per heavy atom. The number of thiol groups is 1. The zero-order valence-corrected chi connectivity index (χ0v) is 19.2. The van der Waals surface area contributed by atoms with Crippen molar-refractivity contribution in [1.82, 2.24) is 0 Å². The first-order valence-corrected chi connectivity index (χ1v) is 11.8. The summed E-state index contributed by atoms with van der Waals surface area (Å²) in [6, 6.07) is 44.9. The highest BCUT2D eigenvalue weighted by Gasteiger charge is 2.07. The summed E-state index contributed by atoms with van der Waals surface area (Å²) in [6.07, 6.45) is 0. The largest absolute Gasteiger partial charge is 0.143 e. The Labute approximate surface area is 199 Å². The number of hydrogen-bond donors (Lipinski definition) is 1. The standard InChI is InChI=1S/C30H22S2/c31-30-20-17-26(24-15-18-28(19-16-24)32-27-9-5-2-6-10-27)21-29(30)25-13-11-23(12-14-25)22-7-3-1-4-8-22/h1-21,31H. The van der Waals surface area contributed by atoms with Gasteiger partial charge < -0.3 is 0 Å². The first kappa shape index (κ1) is 20.7. The average Bonchev–Trinajstić information content (AvgIpc) is 2.86. The van der Waals surface area contributed by atoms with E-state index in [0.717, 1.165) is 10.5 Å². The van der Waals surface area contributed by atoms with Crippen LogP contribution in [0.15, 0.2) is 142 Å². The fraction of sp³-hybridized carbons (Fsp3) is 0. The van der Waals surface area contributed by atoms with Gasteiger partial charge in [-0.15, -0.1) is 12.6 Å². The molecule has 5 aromatic carbocycles. The van der Waals surface area contributed by atoms with E-state index in [-0.39, 0.29) is 0 Å². The third kappa shape index (κ3) is 4.67. The summed E-state index contributed by atoms with van der Waals surface area (Å²) < 4.78 is 0. The Morgan fingerprint density at radius 2 is 0.875 bits per heavy atom. The molecule has 0 nitrogen and oxygen atoms in total. The highest BCUT2D eigenvalue weighted by Crippen LogP contribution is 2.34. The second-order valence-electron chi connectivity index (χ2n) is 7.61. The van der Waals surface area contributed by atoms with Crippen molar-refractivity contribution in [3.05, 3.63) is 127 Å². The fourth-order valence-electron chi connectivity index (χ4n) is 3.76. The molecule has 0 fully saturated rings. The summed E-state index contributed by atoms with van der Waals surface area (Å²) in [5.41, 5.74) is 7.17. The van der Waals surface area contributed by atoms with Crippen LogP contribution < -0.4 is 0 Å². The van der Waals surface area contributed by atoms with E-state index < -0.39 is 0 Å². The fourth-order valence-corrected chi connectivity index (χ4v) is 4.87. The van der Waals surface area contributed by atoms with Crippen LogP contribution in [0.1, 0.15) is 0 Å². The minimum atomic E-state index is 0.984. The number of rotatable bonds is 5. The molecule has 2 heteroatoms. The van der Waals surface area contributed by atoms with Crippen molar-refractivity contribution in [3.63, 3.8) is 0 Å². The van der Waals surface area contributed by atoms with Crippen molar-refractivity contribution in [2.45, 2.75) is 14.7 Å². The average molecular weight is 447 g/mol. The quantitative estimate of drug-likeness (QED) is 0.263. The van der Waals surface area contributed by atoms with Gasteiger partial charge in [-0.05, 0) is 69.8 Å². The van der Waals surface area contributed by atoms with Gasteiger partial charge in [0.15, 0.2) is 0 Å². The van der Waals surface area contributed by atoms with Crippen LogP contribution >= 0.6 is 24.4 Å². The van der Waals surface area contributed by atoms with Gasteiger partial charge in [-0.1, -0.05) is 103 Å².